The Bertz CT molecular complexity index is 613. The van der Waals surface area contributed by atoms with Gasteiger partial charge in [0.25, 0.3) is 11.8 Å². The third-order valence-electron chi connectivity index (χ3n) is 3.54. The molecule has 1 aliphatic heterocycles. The summed E-state index contributed by atoms with van der Waals surface area (Å²) < 4.78 is 0.673. The molecule has 0 saturated carbocycles. The molecule has 0 fully saturated rings. The van der Waals surface area contributed by atoms with Gasteiger partial charge < -0.3 is 5.11 Å². The molecular formula is C14H14BrNO4. The van der Waals surface area contributed by atoms with Gasteiger partial charge in [-0.15, -0.1) is 0 Å². The molecule has 1 unspecified atom stereocenters. The first kappa shape index (κ1) is 14.7. The molecule has 0 aromatic heterocycles. The predicted molar refractivity (Wildman–Crippen MR) is 75.6 cm³/mol. The lowest BCUT2D eigenvalue weighted by molar-refractivity contribution is -0.148. The number of hydrogen-bond acceptors (Lipinski definition) is 3. The number of carboxylic acids is 1. The van der Waals surface area contributed by atoms with E-state index in [9.17, 15) is 19.5 Å². The van der Waals surface area contributed by atoms with Gasteiger partial charge in [0.1, 0.15) is 5.54 Å². The van der Waals surface area contributed by atoms with Crippen LogP contribution in [0.5, 0.6) is 0 Å². The molecule has 1 heterocycles. The first-order chi connectivity index (χ1) is 9.32. The second-order valence-corrected chi connectivity index (χ2v) is 5.88. The summed E-state index contributed by atoms with van der Waals surface area (Å²) >= 11 is 3.24. The van der Waals surface area contributed by atoms with Crippen molar-refractivity contribution in [2.45, 2.75) is 32.2 Å². The van der Waals surface area contributed by atoms with Crippen molar-refractivity contribution in [1.82, 2.24) is 4.90 Å². The molecule has 106 valence electrons. The molecule has 0 radical (unpaired) electrons. The molecule has 5 nitrogen and oxygen atoms in total. The molecule has 6 heteroatoms. The number of fused-ring (bicyclic) bond motifs is 1. The van der Waals surface area contributed by atoms with Gasteiger partial charge in [-0.3, -0.25) is 14.5 Å². The Balaban J connectivity index is 2.54. The Morgan fingerprint density at radius 3 is 2.45 bits per heavy atom. The molecule has 20 heavy (non-hydrogen) atoms. The average Bonchev–Trinajstić information content (AvgIpc) is 2.61. The molecule has 0 saturated heterocycles. The van der Waals surface area contributed by atoms with Crippen molar-refractivity contribution in [3.05, 3.63) is 33.8 Å². The summed E-state index contributed by atoms with van der Waals surface area (Å²) in [7, 11) is 0. The van der Waals surface area contributed by atoms with Crippen molar-refractivity contribution < 1.29 is 19.5 Å². The Morgan fingerprint density at radius 2 is 1.90 bits per heavy atom. The van der Waals surface area contributed by atoms with Crippen molar-refractivity contribution in [3.8, 4) is 0 Å². The van der Waals surface area contributed by atoms with Gasteiger partial charge in [0.2, 0.25) is 0 Å². The second-order valence-electron chi connectivity index (χ2n) is 4.96. The van der Waals surface area contributed by atoms with E-state index in [-0.39, 0.29) is 17.5 Å². The molecule has 0 spiro atoms. The lowest BCUT2D eigenvalue weighted by Gasteiger charge is -2.33. The first-order valence-corrected chi connectivity index (χ1v) is 7.04. The first-order valence-electron chi connectivity index (χ1n) is 6.24. The highest BCUT2D eigenvalue weighted by Crippen LogP contribution is 2.33. The largest absolute Gasteiger partial charge is 0.479 e. The molecule has 2 amide bonds. The average molecular weight is 340 g/mol. The van der Waals surface area contributed by atoms with Crippen LogP contribution in [0.2, 0.25) is 0 Å². The Labute approximate surface area is 124 Å². The SMILES string of the molecule is CCCC(C)(C(=O)O)N1C(=O)c2ccc(Br)cc2C1=O. The Kier molecular flexibility index (Phi) is 3.69. The van der Waals surface area contributed by atoms with Gasteiger partial charge in [0.05, 0.1) is 11.1 Å². The number of imide groups is 1. The summed E-state index contributed by atoms with van der Waals surface area (Å²) in [5, 5.41) is 9.44. The monoisotopic (exact) mass is 339 g/mol. The maximum Gasteiger partial charge on any atom is 0.329 e. The number of carboxylic acid groups (broad SMARTS) is 1. The van der Waals surface area contributed by atoms with Crippen LogP contribution < -0.4 is 0 Å². The fraction of sp³-hybridized carbons (Fsp3) is 0.357. The molecule has 1 atom stereocenters. The number of benzene rings is 1. The van der Waals surface area contributed by atoms with Crippen LogP contribution in [0, 0.1) is 0 Å². The third-order valence-corrected chi connectivity index (χ3v) is 4.03. The van der Waals surface area contributed by atoms with Crippen molar-refractivity contribution in [2.75, 3.05) is 0 Å². The zero-order chi connectivity index (χ0) is 15.1. The van der Waals surface area contributed by atoms with E-state index < -0.39 is 23.3 Å². The van der Waals surface area contributed by atoms with Crippen LogP contribution in [0.25, 0.3) is 0 Å². The van der Waals surface area contributed by atoms with Crippen molar-refractivity contribution >= 4 is 33.7 Å². The number of halogens is 1. The molecular weight excluding hydrogens is 326 g/mol. The fourth-order valence-electron chi connectivity index (χ4n) is 2.46. The molecule has 2 rings (SSSR count). The molecule has 0 bridgehead atoms. The molecule has 1 aromatic carbocycles. The highest BCUT2D eigenvalue weighted by Gasteiger charge is 2.50. The van der Waals surface area contributed by atoms with Crippen LogP contribution >= 0.6 is 15.9 Å². The highest BCUT2D eigenvalue weighted by molar-refractivity contribution is 9.10. The van der Waals surface area contributed by atoms with Gasteiger partial charge in [0.15, 0.2) is 0 Å². The van der Waals surface area contributed by atoms with E-state index >= 15 is 0 Å². The van der Waals surface area contributed by atoms with Crippen molar-refractivity contribution in [2.24, 2.45) is 0 Å². The standard InChI is InChI=1S/C14H14BrNO4/c1-3-6-14(2,13(19)20)16-11(17)9-5-4-8(15)7-10(9)12(16)18/h4-5,7H,3,6H2,1-2H3,(H,19,20). The summed E-state index contributed by atoms with van der Waals surface area (Å²) in [4.78, 5) is 37.2. The summed E-state index contributed by atoms with van der Waals surface area (Å²) in [5.74, 6) is -2.27. The number of carbonyl (C=O) groups is 3. The van der Waals surface area contributed by atoms with Crippen LogP contribution in [-0.2, 0) is 4.79 Å². The van der Waals surface area contributed by atoms with Crippen LogP contribution in [-0.4, -0.2) is 33.3 Å². The van der Waals surface area contributed by atoms with Crippen LogP contribution in [0.4, 0.5) is 0 Å². The number of nitrogens with zero attached hydrogens (tertiary/aromatic N) is 1. The normalized spacial score (nSPS) is 17.1. The second kappa shape index (κ2) is 5.01. The lowest BCUT2D eigenvalue weighted by Crippen LogP contribution is -2.55. The van der Waals surface area contributed by atoms with E-state index in [0.29, 0.717) is 10.9 Å². The Morgan fingerprint density at radius 1 is 1.30 bits per heavy atom. The number of amides is 2. The van der Waals surface area contributed by atoms with E-state index in [2.05, 4.69) is 15.9 Å². The summed E-state index contributed by atoms with van der Waals surface area (Å²) in [6.45, 7) is 3.23. The van der Waals surface area contributed by atoms with E-state index in [4.69, 9.17) is 0 Å². The van der Waals surface area contributed by atoms with E-state index in [1.54, 1.807) is 12.1 Å². The molecule has 1 aromatic rings. The van der Waals surface area contributed by atoms with Crippen LogP contribution in [0.15, 0.2) is 22.7 Å². The minimum atomic E-state index is -1.52. The molecule has 1 aliphatic rings. The minimum Gasteiger partial charge on any atom is -0.479 e. The van der Waals surface area contributed by atoms with E-state index in [1.165, 1.54) is 13.0 Å². The summed E-state index contributed by atoms with van der Waals surface area (Å²) in [5.41, 5.74) is -1.02. The minimum absolute atomic E-state index is 0.217. The zero-order valence-electron chi connectivity index (χ0n) is 11.1. The number of aliphatic carboxylic acids is 1. The zero-order valence-corrected chi connectivity index (χ0v) is 12.7. The van der Waals surface area contributed by atoms with E-state index in [0.717, 1.165) is 4.90 Å². The fourth-order valence-corrected chi connectivity index (χ4v) is 2.82. The third kappa shape index (κ3) is 2.04. The number of hydrogen-bond donors (Lipinski definition) is 1. The maximum atomic E-state index is 12.4. The van der Waals surface area contributed by atoms with Gasteiger partial charge in [-0.25, -0.2) is 4.79 Å². The van der Waals surface area contributed by atoms with E-state index in [1.807, 2.05) is 6.92 Å². The van der Waals surface area contributed by atoms with Gasteiger partial charge in [-0.1, -0.05) is 29.3 Å². The van der Waals surface area contributed by atoms with Crippen LogP contribution in [0.1, 0.15) is 47.4 Å². The smallest absolute Gasteiger partial charge is 0.329 e. The lowest BCUT2D eigenvalue weighted by atomic mass is 9.94. The van der Waals surface area contributed by atoms with Crippen LogP contribution in [0.3, 0.4) is 0 Å². The topological polar surface area (TPSA) is 74.7 Å². The highest BCUT2D eigenvalue weighted by atomic mass is 79.9. The van der Waals surface area contributed by atoms with Gasteiger partial charge in [-0.2, -0.15) is 0 Å². The molecule has 0 aliphatic carbocycles. The van der Waals surface area contributed by atoms with Gasteiger partial charge >= 0.3 is 5.97 Å². The molecule has 1 N–H and O–H groups in total. The maximum absolute atomic E-state index is 12.4. The summed E-state index contributed by atoms with van der Waals surface area (Å²) in [6.07, 6.45) is 0.773. The van der Waals surface area contributed by atoms with Gasteiger partial charge in [0, 0.05) is 4.47 Å². The number of carbonyl (C=O) groups excluding carboxylic acids is 2. The van der Waals surface area contributed by atoms with Gasteiger partial charge in [-0.05, 0) is 31.5 Å². The van der Waals surface area contributed by atoms with Crippen molar-refractivity contribution in [3.63, 3.8) is 0 Å². The number of rotatable bonds is 4. The predicted octanol–water partition coefficient (Wildman–Crippen LogP) is 2.69. The van der Waals surface area contributed by atoms with Crippen molar-refractivity contribution in [1.29, 1.82) is 0 Å². The quantitative estimate of drug-likeness (QED) is 0.855. The Hall–Kier alpha value is -1.69. The summed E-state index contributed by atoms with van der Waals surface area (Å²) in [6, 6.07) is 4.74.